The van der Waals surface area contributed by atoms with Gasteiger partial charge in [-0.3, -0.25) is 5.32 Å². The summed E-state index contributed by atoms with van der Waals surface area (Å²) in [6, 6.07) is 7.69. The van der Waals surface area contributed by atoms with Gasteiger partial charge in [0, 0.05) is 12.1 Å². The van der Waals surface area contributed by atoms with Crippen LogP contribution in [0.1, 0.15) is 42.3 Å². The molecule has 144 valence electrons. The molecule has 0 aliphatic heterocycles. The molecule has 2 N–H and O–H groups in total. The summed E-state index contributed by atoms with van der Waals surface area (Å²) in [5.74, 6) is 3.52. The van der Waals surface area contributed by atoms with Gasteiger partial charge in [0.05, 0.1) is 5.54 Å². The standard InChI is InChI=1S/C21H27N3O2S/c1-5-21(6-2,7-3)22-14-18(25)15-26-19-11-9-8-10-17(19)12-13-20-24-23-16(4)27-20/h1,8-13,18,22,25H,6-7,14-15H2,2-4H3. The van der Waals surface area contributed by atoms with E-state index in [0.29, 0.717) is 12.3 Å². The number of ether oxygens (including phenoxy) is 1. The van der Waals surface area contributed by atoms with Crippen molar-refractivity contribution in [3.8, 4) is 18.1 Å². The molecule has 0 aliphatic carbocycles. The van der Waals surface area contributed by atoms with Crippen LogP contribution in [0, 0.1) is 19.3 Å². The molecule has 1 heterocycles. The monoisotopic (exact) mass is 385 g/mol. The van der Waals surface area contributed by atoms with E-state index in [9.17, 15) is 5.11 Å². The summed E-state index contributed by atoms with van der Waals surface area (Å²) in [5.41, 5.74) is 0.548. The number of terminal acetylenes is 1. The summed E-state index contributed by atoms with van der Waals surface area (Å²) in [4.78, 5) is 0. The number of aromatic nitrogens is 2. The third-order valence-electron chi connectivity index (χ3n) is 4.46. The summed E-state index contributed by atoms with van der Waals surface area (Å²) in [7, 11) is 0. The topological polar surface area (TPSA) is 67.3 Å². The Bertz CT molecular complexity index is 791. The van der Waals surface area contributed by atoms with Gasteiger partial charge in [-0.15, -0.1) is 16.6 Å². The van der Waals surface area contributed by atoms with E-state index in [-0.39, 0.29) is 12.1 Å². The molecule has 1 unspecified atom stereocenters. The summed E-state index contributed by atoms with van der Waals surface area (Å²) in [6.07, 6.45) is 10.5. The van der Waals surface area contributed by atoms with Gasteiger partial charge in [0.2, 0.25) is 0 Å². The van der Waals surface area contributed by atoms with Gasteiger partial charge < -0.3 is 9.84 Å². The maximum Gasteiger partial charge on any atom is 0.140 e. The largest absolute Gasteiger partial charge is 0.490 e. The Balaban J connectivity index is 1.94. The van der Waals surface area contributed by atoms with E-state index >= 15 is 0 Å². The van der Waals surface area contributed by atoms with Crippen LogP contribution in [-0.4, -0.2) is 40.1 Å². The fourth-order valence-corrected chi connectivity index (χ4v) is 3.21. The second kappa shape index (κ2) is 10.2. The molecule has 1 aromatic heterocycles. The van der Waals surface area contributed by atoms with Crippen LogP contribution < -0.4 is 10.1 Å². The summed E-state index contributed by atoms with van der Waals surface area (Å²) < 4.78 is 5.83. The number of rotatable bonds is 10. The molecule has 2 aromatic rings. The maximum atomic E-state index is 10.3. The van der Waals surface area contributed by atoms with Gasteiger partial charge in [0.25, 0.3) is 0 Å². The van der Waals surface area contributed by atoms with Crippen LogP contribution in [0.3, 0.4) is 0 Å². The number of aliphatic hydroxyl groups excluding tert-OH is 1. The van der Waals surface area contributed by atoms with Crippen molar-refractivity contribution in [1.82, 2.24) is 15.5 Å². The van der Waals surface area contributed by atoms with Crippen molar-refractivity contribution in [1.29, 1.82) is 0 Å². The molecule has 0 spiro atoms. The lowest BCUT2D eigenvalue weighted by Crippen LogP contribution is -2.47. The van der Waals surface area contributed by atoms with E-state index < -0.39 is 6.10 Å². The zero-order chi connectivity index (χ0) is 19.7. The van der Waals surface area contributed by atoms with Gasteiger partial charge in [0.15, 0.2) is 0 Å². The van der Waals surface area contributed by atoms with E-state index in [1.165, 1.54) is 11.3 Å². The molecule has 27 heavy (non-hydrogen) atoms. The Morgan fingerprint density at radius 2 is 2.04 bits per heavy atom. The van der Waals surface area contributed by atoms with Crippen LogP contribution in [0.25, 0.3) is 12.2 Å². The zero-order valence-corrected chi connectivity index (χ0v) is 16.9. The first-order chi connectivity index (χ1) is 13.0. The van der Waals surface area contributed by atoms with E-state index in [0.717, 1.165) is 28.4 Å². The van der Waals surface area contributed by atoms with Crippen molar-refractivity contribution in [3.63, 3.8) is 0 Å². The van der Waals surface area contributed by atoms with Crippen molar-refractivity contribution >= 4 is 23.5 Å². The Kier molecular flexibility index (Phi) is 7.99. The summed E-state index contributed by atoms with van der Waals surface area (Å²) >= 11 is 1.53. The number of hydrogen-bond donors (Lipinski definition) is 2. The van der Waals surface area contributed by atoms with Gasteiger partial charge >= 0.3 is 0 Å². The first kappa shape index (κ1) is 21.1. The molecule has 0 fully saturated rings. The van der Waals surface area contributed by atoms with E-state index in [2.05, 4.69) is 21.4 Å². The van der Waals surface area contributed by atoms with E-state index in [1.807, 2.05) is 57.2 Å². The molecule has 2 rings (SSSR count). The number of para-hydroxylation sites is 1. The fourth-order valence-electron chi connectivity index (χ4n) is 2.60. The Hall–Kier alpha value is -2.20. The van der Waals surface area contributed by atoms with Crippen molar-refractivity contribution < 1.29 is 9.84 Å². The van der Waals surface area contributed by atoms with Crippen LogP contribution in [0.4, 0.5) is 0 Å². The minimum absolute atomic E-state index is 0.184. The minimum Gasteiger partial charge on any atom is -0.490 e. The molecule has 1 atom stereocenters. The van der Waals surface area contributed by atoms with Crippen LogP contribution in [0.5, 0.6) is 5.75 Å². The lowest BCUT2D eigenvalue weighted by molar-refractivity contribution is 0.0995. The predicted molar refractivity (Wildman–Crippen MR) is 112 cm³/mol. The molecule has 0 saturated carbocycles. The van der Waals surface area contributed by atoms with Crippen LogP contribution >= 0.6 is 11.3 Å². The van der Waals surface area contributed by atoms with E-state index in [4.69, 9.17) is 11.2 Å². The normalized spacial score (nSPS) is 12.9. The van der Waals surface area contributed by atoms with Crippen molar-refractivity contribution in [2.24, 2.45) is 0 Å². The second-order valence-electron chi connectivity index (χ2n) is 6.31. The van der Waals surface area contributed by atoms with Gasteiger partial charge in [0.1, 0.15) is 28.5 Å². The molecule has 0 aliphatic rings. The molecule has 0 bridgehead atoms. The first-order valence-corrected chi connectivity index (χ1v) is 9.94. The van der Waals surface area contributed by atoms with Crippen LogP contribution in [0.2, 0.25) is 0 Å². The smallest absolute Gasteiger partial charge is 0.140 e. The first-order valence-electron chi connectivity index (χ1n) is 9.12. The lowest BCUT2D eigenvalue weighted by atomic mass is 9.94. The van der Waals surface area contributed by atoms with Crippen LogP contribution in [0.15, 0.2) is 24.3 Å². The molecule has 0 saturated heterocycles. The Morgan fingerprint density at radius 1 is 1.30 bits per heavy atom. The predicted octanol–water partition coefficient (Wildman–Crippen LogP) is 3.54. The quantitative estimate of drug-likeness (QED) is 0.613. The summed E-state index contributed by atoms with van der Waals surface area (Å²) in [6.45, 7) is 6.58. The number of aryl methyl sites for hydroxylation is 1. The fraction of sp³-hybridized carbons (Fsp3) is 0.429. The third-order valence-corrected chi connectivity index (χ3v) is 5.26. The second-order valence-corrected chi connectivity index (χ2v) is 7.52. The average molecular weight is 386 g/mol. The molecule has 0 amide bonds. The Morgan fingerprint density at radius 3 is 2.67 bits per heavy atom. The van der Waals surface area contributed by atoms with Crippen molar-refractivity contribution in [2.75, 3.05) is 13.2 Å². The highest BCUT2D eigenvalue weighted by atomic mass is 32.1. The molecule has 0 radical (unpaired) electrons. The molecular weight excluding hydrogens is 358 g/mol. The number of aliphatic hydroxyl groups is 1. The maximum absolute atomic E-state index is 10.3. The highest BCUT2D eigenvalue weighted by Crippen LogP contribution is 2.22. The molecule has 1 aromatic carbocycles. The number of hydrogen-bond acceptors (Lipinski definition) is 6. The van der Waals surface area contributed by atoms with Gasteiger partial charge in [-0.05, 0) is 38.0 Å². The summed E-state index contributed by atoms with van der Waals surface area (Å²) in [5, 5.41) is 23.4. The van der Waals surface area contributed by atoms with Crippen molar-refractivity contribution in [3.05, 3.63) is 39.8 Å². The molecule has 6 heteroatoms. The lowest BCUT2D eigenvalue weighted by Gasteiger charge is -2.28. The zero-order valence-electron chi connectivity index (χ0n) is 16.1. The van der Waals surface area contributed by atoms with E-state index in [1.54, 1.807) is 0 Å². The highest BCUT2D eigenvalue weighted by molar-refractivity contribution is 7.12. The van der Waals surface area contributed by atoms with Crippen LogP contribution in [-0.2, 0) is 0 Å². The molecular formula is C21H27N3O2S. The number of nitrogens with one attached hydrogen (secondary N) is 1. The van der Waals surface area contributed by atoms with Gasteiger partial charge in [-0.2, -0.15) is 0 Å². The van der Waals surface area contributed by atoms with Gasteiger partial charge in [-0.1, -0.05) is 49.3 Å². The SMILES string of the molecule is C#CC(CC)(CC)NCC(O)COc1ccccc1C=Cc1nnc(C)s1. The number of benzene rings is 1. The number of β-amino-alcohol motifs (C(OH)–C–C–N with tert-alkyl or cyclic N) is 1. The number of nitrogens with zero attached hydrogens (tertiary/aromatic N) is 2. The third kappa shape index (κ3) is 6.17. The molecule has 5 nitrogen and oxygen atoms in total. The minimum atomic E-state index is -0.654. The highest BCUT2D eigenvalue weighted by Gasteiger charge is 2.23. The van der Waals surface area contributed by atoms with Crippen molar-refractivity contribution in [2.45, 2.75) is 45.3 Å². The average Bonchev–Trinajstić information content (AvgIpc) is 3.12. The Labute approximate surface area is 165 Å². The van der Waals surface area contributed by atoms with Gasteiger partial charge in [-0.25, -0.2) is 0 Å².